The van der Waals surface area contributed by atoms with E-state index in [1.807, 2.05) is 0 Å². The third kappa shape index (κ3) is 3.08. The van der Waals surface area contributed by atoms with Crippen molar-refractivity contribution in [2.45, 2.75) is 59.4 Å². The molecule has 2 N–H and O–H groups in total. The molecule has 1 nitrogen and oxygen atoms in total. The summed E-state index contributed by atoms with van der Waals surface area (Å²) in [5.41, 5.74) is 11.7. The molecule has 1 aromatic rings. The first-order valence-corrected chi connectivity index (χ1v) is 6.08. The summed E-state index contributed by atoms with van der Waals surface area (Å²) in [7, 11) is 0. The molecule has 0 aliphatic rings. The average molecular weight is 219 g/mol. The maximum absolute atomic E-state index is 5.89. The highest BCUT2D eigenvalue weighted by atomic mass is 14.6. The molecular weight excluding hydrogens is 194 g/mol. The standard InChI is InChI=1S/C15H25N/c1-10-7-13(15(4,5)6)8-11(2)14(10)9-12(3)16/h7-8,12H,9,16H2,1-6H3/t12-/m0/s1. The lowest BCUT2D eigenvalue weighted by Crippen LogP contribution is -2.20. The van der Waals surface area contributed by atoms with Gasteiger partial charge in [0.2, 0.25) is 0 Å². The van der Waals surface area contributed by atoms with E-state index in [-0.39, 0.29) is 11.5 Å². The Morgan fingerprint density at radius 2 is 1.56 bits per heavy atom. The van der Waals surface area contributed by atoms with Crippen molar-refractivity contribution in [3.05, 3.63) is 34.4 Å². The molecule has 0 aliphatic carbocycles. The molecule has 1 heteroatoms. The van der Waals surface area contributed by atoms with Crippen LogP contribution < -0.4 is 5.73 Å². The monoisotopic (exact) mass is 219 g/mol. The second kappa shape index (κ2) is 4.58. The maximum Gasteiger partial charge on any atom is 0.00511 e. The molecule has 1 atom stereocenters. The number of benzene rings is 1. The van der Waals surface area contributed by atoms with Crippen molar-refractivity contribution in [2.75, 3.05) is 0 Å². The van der Waals surface area contributed by atoms with E-state index in [0.29, 0.717) is 0 Å². The van der Waals surface area contributed by atoms with Gasteiger partial charge in [-0.15, -0.1) is 0 Å². The summed E-state index contributed by atoms with van der Waals surface area (Å²) in [5, 5.41) is 0. The predicted molar refractivity (Wildman–Crippen MR) is 72.0 cm³/mol. The molecule has 0 saturated heterocycles. The lowest BCUT2D eigenvalue weighted by Gasteiger charge is -2.23. The lowest BCUT2D eigenvalue weighted by molar-refractivity contribution is 0.588. The molecular formula is C15H25N. The Bertz CT molecular complexity index is 347. The third-order valence-electron chi connectivity index (χ3n) is 3.09. The molecule has 90 valence electrons. The quantitative estimate of drug-likeness (QED) is 0.809. The van der Waals surface area contributed by atoms with Gasteiger partial charge in [0.05, 0.1) is 0 Å². The van der Waals surface area contributed by atoms with Gasteiger partial charge < -0.3 is 5.73 Å². The Kier molecular flexibility index (Phi) is 3.80. The number of rotatable bonds is 2. The normalized spacial score (nSPS) is 13.9. The molecule has 0 spiro atoms. The first-order chi connectivity index (χ1) is 7.21. The zero-order valence-electron chi connectivity index (χ0n) is 11.5. The Labute approximate surface area is 100 Å². The largest absolute Gasteiger partial charge is 0.328 e. The highest BCUT2D eigenvalue weighted by Gasteiger charge is 2.16. The predicted octanol–water partition coefficient (Wildman–Crippen LogP) is 3.49. The van der Waals surface area contributed by atoms with E-state index in [2.05, 4.69) is 53.7 Å². The van der Waals surface area contributed by atoms with Crippen molar-refractivity contribution < 1.29 is 0 Å². The van der Waals surface area contributed by atoms with Crippen molar-refractivity contribution in [2.24, 2.45) is 5.73 Å². The van der Waals surface area contributed by atoms with Crippen molar-refractivity contribution in [1.82, 2.24) is 0 Å². The lowest BCUT2D eigenvalue weighted by atomic mass is 9.83. The van der Waals surface area contributed by atoms with Crippen LogP contribution in [0.15, 0.2) is 12.1 Å². The van der Waals surface area contributed by atoms with Crippen LogP contribution in [0.2, 0.25) is 0 Å². The number of hydrogen-bond donors (Lipinski definition) is 1. The van der Waals surface area contributed by atoms with Crippen LogP contribution >= 0.6 is 0 Å². The Balaban J connectivity index is 3.18. The molecule has 0 bridgehead atoms. The smallest absolute Gasteiger partial charge is 0.00511 e. The van der Waals surface area contributed by atoms with Crippen LogP contribution in [-0.4, -0.2) is 6.04 Å². The van der Waals surface area contributed by atoms with E-state index in [4.69, 9.17) is 5.73 Å². The molecule has 0 fully saturated rings. The van der Waals surface area contributed by atoms with E-state index in [1.165, 1.54) is 22.3 Å². The highest BCUT2D eigenvalue weighted by molar-refractivity contribution is 5.40. The number of nitrogens with two attached hydrogens (primary N) is 1. The Morgan fingerprint density at radius 3 is 1.88 bits per heavy atom. The fourth-order valence-electron chi connectivity index (χ4n) is 2.07. The van der Waals surface area contributed by atoms with Gasteiger partial charge in [-0.25, -0.2) is 0 Å². The van der Waals surface area contributed by atoms with Crippen LogP contribution in [0.4, 0.5) is 0 Å². The minimum absolute atomic E-state index is 0.225. The number of aryl methyl sites for hydroxylation is 2. The van der Waals surface area contributed by atoms with Crippen LogP contribution in [0.25, 0.3) is 0 Å². The molecule has 1 aromatic carbocycles. The second-order valence-electron chi connectivity index (χ2n) is 6.02. The maximum atomic E-state index is 5.89. The summed E-state index contributed by atoms with van der Waals surface area (Å²) < 4.78 is 0. The molecule has 16 heavy (non-hydrogen) atoms. The highest BCUT2D eigenvalue weighted by Crippen LogP contribution is 2.27. The van der Waals surface area contributed by atoms with Gasteiger partial charge in [-0.1, -0.05) is 32.9 Å². The SMILES string of the molecule is Cc1cc(C(C)(C)C)cc(C)c1C[C@H](C)N. The fourth-order valence-corrected chi connectivity index (χ4v) is 2.07. The van der Waals surface area contributed by atoms with Gasteiger partial charge in [-0.3, -0.25) is 0 Å². The van der Waals surface area contributed by atoms with Crippen LogP contribution in [-0.2, 0) is 11.8 Å². The Morgan fingerprint density at radius 1 is 1.12 bits per heavy atom. The minimum atomic E-state index is 0.225. The minimum Gasteiger partial charge on any atom is -0.328 e. The van der Waals surface area contributed by atoms with Crippen LogP contribution in [0, 0.1) is 13.8 Å². The van der Waals surface area contributed by atoms with Crippen LogP contribution in [0.1, 0.15) is 49.9 Å². The molecule has 0 saturated carbocycles. The summed E-state index contributed by atoms with van der Waals surface area (Å²) in [4.78, 5) is 0. The zero-order valence-corrected chi connectivity index (χ0v) is 11.5. The van der Waals surface area contributed by atoms with Crippen LogP contribution in [0.5, 0.6) is 0 Å². The fraction of sp³-hybridized carbons (Fsp3) is 0.600. The van der Waals surface area contributed by atoms with Gasteiger partial charge in [-0.2, -0.15) is 0 Å². The van der Waals surface area contributed by atoms with Gasteiger partial charge in [0, 0.05) is 6.04 Å². The van der Waals surface area contributed by atoms with E-state index in [9.17, 15) is 0 Å². The van der Waals surface area contributed by atoms with Crippen molar-refractivity contribution in [1.29, 1.82) is 0 Å². The first-order valence-electron chi connectivity index (χ1n) is 6.08. The molecule has 0 unspecified atom stereocenters. The zero-order chi connectivity index (χ0) is 12.5. The van der Waals surface area contributed by atoms with Crippen molar-refractivity contribution >= 4 is 0 Å². The van der Waals surface area contributed by atoms with Gasteiger partial charge in [-0.05, 0) is 54.9 Å². The number of hydrogen-bond acceptors (Lipinski definition) is 1. The summed E-state index contributed by atoms with van der Waals surface area (Å²) in [6.45, 7) is 13.2. The van der Waals surface area contributed by atoms with Crippen LogP contribution in [0.3, 0.4) is 0 Å². The summed E-state index contributed by atoms with van der Waals surface area (Å²) in [6, 6.07) is 4.85. The van der Waals surface area contributed by atoms with Gasteiger partial charge >= 0.3 is 0 Å². The second-order valence-corrected chi connectivity index (χ2v) is 6.02. The molecule has 0 amide bonds. The summed E-state index contributed by atoms with van der Waals surface area (Å²) >= 11 is 0. The topological polar surface area (TPSA) is 26.0 Å². The van der Waals surface area contributed by atoms with E-state index in [0.717, 1.165) is 6.42 Å². The van der Waals surface area contributed by atoms with Gasteiger partial charge in [0.1, 0.15) is 0 Å². The average Bonchev–Trinajstić information content (AvgIpc) is 2.09. The molecule has 0 heterocycles. The van der Waals surface area contributed by atoms with Crippen molar-refractivity contribution in [3.8, 4) is 0 Å². The molecule has 0 aliphatic heterocycles. The first kappa shape index (κ1) is 13.2. The Hall–Kier alpha value is -0.820. The molecule has 1 rings (SSSR count). The van der Waals surface area contributed by atoms with E-state index >= 15 is 0 Å². The van der Waals surface area contributed by atoms with Gasteiger partial charge in [0.25, 0.3) is 0 Å². The van der Waals surface area contributed by atoms with E-state index in [1.54, 1.807) is 0 Å². The molecule has 0 aromatic heterocycles. The third-order valence-corrected chi connectivity index (χ3v) is 3.09. The summed E-state index contributed by atoms with van der Waals surface area (Å²) in [5.74, 6) is 0. The van der Waals surface area contributed by atoms with Gasteiger partial charge in [0.15, 0.2) is 0 Å². The van der Waals surface area contributed by atoms with Crippen molar-refractivity contribution in [3.63, 3.8) is 0 Å². The summed E-state index contributed by atoms with van der Waals surface area (Å²) in [6.07, 6.45) is 0.974. The molecule has 0 radical (unpaired) electrons. The van der Waals surface area contributed by atoms with E-state index < -0.39 is 0 Å².